The van der Waals surface area contributed by atoms with Crippen molar-refractivity contribution in [2.45, 2.75) is 105 Å². The molecule has 0 aliphatic carbocycles. The Labute approximate surface area is 198 Å². The van der Waals surface area contributed by atoms with Gasteiger partial charge in [-0.15, -0.1) is 0 Å². The quantitative estimate of drug-likeness (QED) is 0.228. The summed E-state index contributed by atoms with van der Waals surface area (Å²) in [4.78, 5) is 12.8. The van der Waals surface area contributed by atoms with E-state index in [4.69, 9.17) is 13.9 Å². The number of carbonyl (C=O) groups excluding carboxylic acids is 1. The number of rotatable bonds is 13. The molecule has 0 aliphatic heterocycles. The first-order chi connectivity index (χ1) is 14.8. The molecule has 0 aliphatic rings. The fourth-order valence-corrected chi connectivity index (χ4v) is 5.09. The van der Waals surface area contributed by atoms with Gasteiger partial charge in [0.15, 0.2) is 8.32 Å². The lowest BCUT2D eigenvalue weighted by Gasteiger charge is -2.43. The van der Waals surface area contributed by atoms with Crippen LogP contribution in [0.2, 0.25) is 18.1 Å². The standard InChI is InChI=1S/C27H48O4Si/c1-11-29-26(28)23(17-20(2)3)18-24(30-19-22-15-13-12-14-16-22)25(21(4)5)31-32(9,10)27(6,7)8/h12-16,20-21,23-25H,11,17-19H2,1-10H3/t23-,24+,25-/m0/s1. The van der Waals surface area contributed by atoms with Crippen molar-refractivity contribution in [2.75, 3.05) is 6.61 Å². The summed E-state index contributed by atoms with van der Waals surface area (Å²) in [6.45, 7) is 22.8. The van der Waals surface area contributed by atoms with Crippen molar-refractivity contribution in [2.24, 2.45) is 17.8 Å². The highest BCUT2D eigenvalue weighted by molar-refractivity contribution is 6.74. The summed E-state index contributed by atoms with van der Waals surface area (Å²) < 4.78 is 18.9. The second-order valence-corrected chi connectivity index (χ2v) is 16.0. The monoisotopic (exact) mass is 464 g/mol. The van der Waals surface area contributed by atoms with E-state index < -0.39 is 8.32 Å². The van der Waals surface area contributed by atoms with Crippen LogP contribution >= 0.6 is 0 Å². The van der Waals surface area contributed by atoms with Crippen molar-refractivity contribution in [3.63, 3.8) is 0 Å². The second kappa shape index (κ2) is 12.9. The van der Waals surface area contributed by atoms with Crippen molar-refractivity contribution in [1.29, 1.82) is 0 Å². The van der Waals surface area contributed by atoms with Gasteiger partial charge in [0.2, 0.25) is 0 Å². The molecule has 0 saturated heterocycles. The summed E-state index contributed by atoms with van der Waals surface area (Å²) in [7, 11) is -2.02. The van der Waals surface area contributed by atoms with Crippen molar-refractivity contribution in [3.05, 3.63) is 35.9 Å². The normalized spacial score (nSPS) is 15.6. The first-order valence-corrected chi connectivity index (χ1v) is 15.2. The van der Waals surface area contributed by atoms with Gasteiger partial charge >= 0.3 is 5.97 Å². The van der Waals surface area contributed by atoms with Gasteiger partial charge < -0.3 is 13.9 Å². The molecule has 0 radical (unpaired) electrons. The molecular weight excluding hydrogens is 416 g/mol. The van der Waals surface area contributed by atoms with Gasteiger partial charge in [-0.3, -0.25) is 4.79 Å². The Hall–Kier alpha value is -1.17. The minimum Gasteiger partial charge on any atom is -0.466 e. The van der Waals surface area contributed by atoms with Gasteiger partial charge in [-0.2, -0.15) is 0 Å². The van der Waals surface area contributed by atoms with Crippen LogP contribution in [0.4, 0.5) is 0 Å². The number of ether oxygens (including phenoxy) is 2. The summed E-state index contributed by atoms with van der Waals surface area (Å²) in [5, 5.41) is 0.0998. The Kier molecular flexibility index (Phi) is 11.6. The zero-order valence-electron chi connectivity index (χ0n) is 22.2. The van der Waals surface area contributed by atoms with E-state index in [1.54, 1.807) is 0 Å². The molecule has 0 unspecified atom stereocenters. The van der Waals surface area contributed by atoms with E-state index in [1.165, 1.54) is 0 Å². The van der Waals surface area contributed by atoms with Gasteiger partial charge in [0.05, 0.1) is 31.3 Å². The molecule has 0 N–H and O–H groups in total. The maximum atomic E-state index is 12.8. The molecule has 0 amide bonds. The maximum absolute atomic E-state index is 12.8. The molecule has 32 heavy (non-hydrogen) atoms. The Bertz CT molecular complexity index is 664. The fourth-order valence-electron chi connectivity index (χ4n) is 3.63. The van der Waals surface area contributed by atoms with Crippen LogP contribution in [0.25, 0.3) is 0 Å². The Morgan fingerprint density at radius 1 is 1.00 bits per heavy atom. The molecule has 0 aromatic heterocycles. The van der Waals surface area contributed by atoms with Crippen LogP contribution in [0.5, 0.6) is 0 Å². The van der Waals surface area contributed by atoms with E-state index in [0.717, 1.165) is 12.0 Å². The molecule has 3 atom stereocenters. The van der Waals surface area contributed by atoms with Crippen LogP contribution in [0.15, 0.2) is 30.3 Å². The average Bonchev–Trinajstić information content (AvgIpc) is 2.68. The van der Waals surface area contributed by atoms with E-state index >= 15 is 0 Å². The van der Waals surface area contributed by atoms with Gasteiger partial charge in [0.25, 0.3) is 0 Å². The molecule has 1 aromatic carbocycles. The molecule has 0 saturated carbocycles. The third-order valence-corrected chi connectivity index (χ3v) is 10.9. The van der Waals surface area contributed by atoms with Crippen LogP contribution in [0.1, 0.15) is 73.8 Å². The average molecular weight is 465 g/mol. The summed E-state index contributed by atoms with van der Waals surface area (Å²) in [6.07, 6.45) is 1.14. The van der Waals surface area contributed by atoms with Crippen LogP contribution in [-0.4, -0.2) is 33.1 Å². The van der Waals surface area contributed by atoms with Crippen LogP contribution in [0.3, 0.4) is 0 Å². The van der Waals surface area contributed by atoms with E-state index in [2.05, 4.69) is 73.7 Å². The molecule has 0 fully saturated rings. The number of hydrogen-bond donors (Lipinski definition) is 0. The van der Waals surface area contributed by atoms with E-state index in [-0.39, 0.29) is 35.1 Å². The number of benzene rings is 1. The topological polar surface area (TPSA) is 44.8 Å². The lowest BCUT2D eigenvalue weighted by molar-refractivity contribution is -0.152. The fraction of sp³-hybridized carbons (Fsp3) is 0.741. The molecular formula is C27H48O4Si. The van der Waals surface area contributed by atoms with Gasteiger partial charge in [0.1, 0.15) is 0 Å². The summed E-state index contributed by atoms with van der Waals surface area (Å²) >= 11 is 0. The van der Waals surface area contributed by atoms with Crippen LogP contribution in [0, 0.1) is 17.8 Å². The summed E-state index contributed by atoms with van der Waals surface area (Å²) in [5.74, 6) is 0.356. The largest absolute Gasteiger partial charge is 0.466 e. The van der Waals surface area contributed by atoms with Crippen LogP contribution < -0.4 is 0 Å². The molecule has 0 bridgehead atoms. The Balaban J connectivity index is 3.22. The molecule has 5 heteroatoms. The first kappa shape index (κ1) is 28.9. The highest BCUT2D eigenvalue weighted by Crippen LogP contribution is 2.39. The molecule has 184 valence electrons. The van der Waals surface area contributed by atoms with Gasteiger partial charge in [0, 0.05) is 0 Å². The zero-order valence-corrected chi connectivity index (χ0v) is 23.2. The lowest BCUT2D eigenvalue weighted by atomic mass is 9.88. The smallest absolute Gasteiger partial charge is 0.309 e. The molecule has 4 nitrogen and oxygen atoms in total. The number of hydrogen-bond acceptors (Lipinski definition) is 4. The molecule has 1 rings (SSSR count). The Morgan fingerprint density at radius 3 is 2.06 bits per heavy atom. The predicted octanol–water partition coefficient (Wildman–Crippen LogP) is 7.23. The first-order valence-electron chi connectivity index (χ1n) is 12.3. The van der Waals surface area contributed by atoms with E-state index in [0.29, 0.717) is 25.6 Å². The zero-order chi connectivity index (χ0) is 24.5. The molecule has 0 heterocycles. The van der Waals surface area contributed by atoms with E-state index in [9.17, 15) is 4.79 Å². The van der Waals surface area contributed by atoms with Crippen molar-refractivity contribution in [1.82, 2.24) is 0 Å². The minimum atomic E-state index is -2.02. The van der Waals surface area contributed by atoms with Crippen molar-refractivity contribution in [3.8, 4) is 0 Å². The predicted molar refractivity (Wildman–Crippen MR) is 136 cm³/mol. The number of carbonyl (C=O) groups is 1. The SMILES string of the molecule is CCOC(=O)[C@@H](CC(C)C)C[C@@H](OCc1ccccc1)[C@@H](O[Si](C)(C)C(C)(C)C)C(C)C. The summed E-state index contributed by atoms with van der Waals surface area (Å²) in [5.41, 5.74) is 1.13. The van der Waals surface area contributed by atoms with Crippen LogP contribution in [-0.2, 0) is 25.3 Å². The molecule has 1 aromatic rings. The van der Waals surface area contributed by atoms with E-state index in [1.807, 2.05) is 25.1 Å². The van der Waals surface area contributed by atoms with Crippen molar-refractivity contribution < 1.29 is 18.7 Å². The Morgan fingerprint density at radius 2 is 1.59 bits per heavy atom. The minimum absolute atomic E-state index is 0.0799. The van der Waals surface area contributed by atoms with Crippen molar-refractivity contribution >= 4 is 14.3 Å². The third kappa shape index (κ3) is 9.36. The van der Waals surface area contributed by atoms with Gasteiger partial charge in [-0.05, 0) is 55.3 Å². The molecule has 0 spiro atoms. The summed E-state index contributed by atoms with van der Waals surface area (Å²) in [6, 6.07) is 10.2. The van der Waals surface area contributed by atoms with Gasteiger partial charge in [-0.25, -0.2) is 0 Å². The highest BCUT2D eigenvalue weighted by Gasteiger charge is 2.42. The lowest BCUT2D eigenvalue weighted by Crippen LogP contribution is -2.50. The third-order valence-electron chi connectivity index (χ3n) is 6.46. The highest BCUT2D eigenvalue weighted by atomic mass is 28.4. The second-order valence-electron chi connectivity index (χ2n) is 11.2. The van der Waals surface area contributed by atoms with Gasteiger partial charge in [-0.1, -0.05) is 78.8 Å². The number of esters is 1. The maximum Gasteiger partial charge on any atom is 0.309 e.